The van der Waals surface area contributed by atoms with E-state index in [0.717, 1.165) is 22.5 Å². The zero-order valence-corrected chi connectivity index (χ0v) is 19.9. The molecule has 9 heteroatoms. The van der Waals surface area contributed by atoms with Crippen molar-refractivity contribution in [1.82, 2.24) is 14.8 Å². The van der Waals surface area contributed by atoms with Gasteiger partial charge in [0, 0.05) is 28.4 Å². The van der Waals surface area contributed by atoms with Crippen LogP contribution in [0.1, 0.15) is 4.88 Å². The van der Waals surface area contributed by atoms with E-state index in [0.29, 0.717) is 20.9 Å². The monoisotopic (exact) mass is 488 g/mol. The predicted molar refractivity (Wildman–Crippen MR) is 130 cm³/mol. The molecule has 5 nitrogen and oxygen atoms in total. The summed E-state index contributed by atoms with van der Waals surface area (Å²) in [6.45, 7) is 2.10. The molecular formula is C22H18Cl2N4OS2. The Morgan fingerprint density at radius 1 is 1.10 bits per heavy atom. The standard InChI is InChI=1S/C22H18Cl2N4OS2/c1-13-19(14-7-4-3-5-8-14)15(11-30-13)21-26-27-22(28(21)2)31-12-18(29)25-20-16(23)9-6-10-17(20)24/h3-11H,12H2,1-2H3,(H,25,29). The lowest BCUT2D eigenvalue weighted by molar-refractivity contribution is -0.113. The fourth-order valence-corrected chi connectivity index (χ4v) is 5.25. The molecule has 2 aromatic heterocycles. The van der Waals surface area contributed by atoms with Gasteiger partial charge in [-0.15, -0.1) is 21.5 Å². The Balaban J connectivity index is 1.52. The quantitative estimate of drug-likeness (QED) is 0.312. The van der Waals surface area contributed by atoms with Gasteiger partial charge in [0.2, 0.25) is 5.91 Å². The van der Waals surface area contributed by atoms with Crippen LogP contribution in [0.3, 0.4) is 0 Å². The van der Waals surface area contributed by atoms with Gasteiger partial charge in [-0.05, 0) is 24.6 Å². The second kappa shape index (κ2) is 9.44. The number of carbonyl (C=O) groups is 1. The van der Waals surface area contributed by atoms with E-state index in [1.807, 2.05) is 29.8 Å². The zero-order chi connectivity index (χ0) is 22.0. The fraction of sp³-hybridized carbons (Fsp3) is 0.136. The molecule has 1 amide bonds. The molecule has 0 unspecified atom stereocenters. The molecule has 0 bridgehead atoms. The Morgan fingerprint density at radius 3 is 2.52 bits per heavy atom. The van der Waals surface area contributed by atoms with E-state index in [9.17, 15) is 4.79 Å². The molecule has 2 aromatic carbocycles. The second-order valence-electron chi connectivity index (χ2n) is 6.75. The molecule has 31 heavy (non-hydrogen) atoms. The molecule has 0 aliphatic rings. The molecular weight excluding hydrogens is 471 g/mol. The summed E-state index contributed by atoms with van der Waals surface area (Å²) in [5, 5.41) is 15.0. The highest BCUT2D eigenvalue weighted by molar-refractivity contribution is 7.99. The van der Waals surface area contributed by atoms with Crippen molar-refractivity contribution in [2.45, 2.75) is 12.1 Å². The van der Waals surface area contributed by atoms with Crippen LogP contribution in [0.25, 0.3) is 22.5 Å². The Bertz CT molecular complexity index is 1220. The third-order valence-corrected chi connectivity index (χ3v) is 7.23. The van der Waals surface area contributed by atoms with E-state index in [-0.39, 0.29) is 11.7 Å². The van der Waals surface area contributed by atoms with E-state index >= 15 is 0 Å². The van der Waals surface area contributed by atoms with Crippen LogP contribution < -0.4 is 5.32 Å². The molecule has 0 aliphatic heterocycles. The number of aromatic nitrogens is 3. The highest BCUT2D eigenvalue weighted by Gasteiger charge is 2.19. The van der Waals surface area contributed by atoms with Gasteiger partial charge in [-0.25, -0.2) is 0 Å². The molecule has 0 aliphatic carbocycles. The predicted octanol–water partition coefficient (Wildman–Crippen LogP) is 6.56. The molecule has 0 fully saturated rings. The Hall–Kier alpha value is -2.32. The van der Waals surface area contributed by atoms with E-state index in [1.165, 1.54) is 16.6 Å². The van der Waals surface area contributed by atoms with Crippen molar-refractivity contribution in [3.63, 3.8) is 0 Å². The van der Waals surface area contributed by atoms with Crippen LogP contribution in [0.2, 0.25) is 10.0 Å². The fourth-order valence-electron chi connectivity index (χ4n) is 3.18. The molecule has 0 spiro atoms. The second-order valence-corrected chi connectivity index (χ2v) is 9.59. The summed E-state index contributed by atoms with van der Waals surface area (Å²) in [6.07, 6.45) is 0. The van der Waals surface area contributed by atoms with Crippen LogP contribution >= 0.6 is 46.3 Å². The van der Waals surface area contributed by atoms with E-state index in [1.54, 1.807) is 29.5 Å². The van der Waals surface area contributed by atoms with Gasteiger partial charge >= 0.3 is 0 Å². The van der Waals surface area contributed by atoms with E-state index < -0.39 is 0 Å². The lowest BCUT2D eigenvalue weighted by atomic mass is 10.0. The van der Waals surface area contributed by atoms with Crippen LogP contribution in [0.5, 0.6) is 0 Å². The molecule has 0 atom stereocenters. The molecule has 0 saturated carbocycles. The van der Waals surface area contributed by atoms with Gasteiger partial charge in [0.15, 0.2) is 11.0 Å². The van der Waals surface area contributed by atoms with Crippen LogP contribution in [0.4, 0.5) is 5.69 Å². The highest BCUT2D eigenvalue weighted by Crippen LogP contribution is 2.38. The number of para-hydroxylation sites is 1. The number of thiophene rings is 1. The minimum atomic E-state index is -0.221. The van der Waals surface area contributed by atoms with Crippen molar-refractivity contribution in [3.05, 3.63) is 68.8 Å². The van der Waals surface area contributed by atoms with Gasteiger partial charge in [-0.1, -0.05) is 71.4 Å². The average molecular weight is 489 g/mol. The smallest absolute Gasteiger partial charge is 0.234 e. The van der Waals surface area contributed by atoms with Crippen molar-refractivity contribution < 1.29 is 4.79 Å². The summed E-state index contributed by atoms with van der Waals surface area (Å²) in [6, 6.07) is 15.3. The van der Waals surface area contributed by atoms with Crippen LogP contribution in [0.15, 0.2) is 59.1 Å². The SMILES string of the molecule is Cc1scc(-c2nnc(SCC(=O)Nc3c(Cl)cccc3Cl)n2C)c1-c1ccccc1. The number of rotatable bonds is 6. The van der Waals surface area contributed by atoms with Crippen molar-refractivity contribution in [2.75, 3.05) is 11.1 Å². The first-order valence-corrected chi connectivity index (χ1v) is 12.0. The summed E-state index contributed by atoms with van der Waals surface area (Å²) >= 11 is 15.2. The summed E-state index contributed by atoms with van der Waals surface area (Å²) in [4.78, 5) is 13.6. The van der Waals surface area contributed by atoms with Crippen LogP contribution in [0, 0.1) is 6.92 Å². The van der Waals surface area contributed by atoms with Gasteiger partial charge in [0.05, 0.1) is 21.5 Å². The highest BCUT2D eigenvalue weighted by atomic mass is 35.5. The van der Waals surface area contributed by atoms with Crippen LogP contribution in [-0.2, 0) is 11.8 Å². The molecule has 0 radical (unpaired) electrons. The number of nitrogens with zero attached hydrogens (tertiary/aromatic N) is 3. The first-order valence-electron chi connectivity index (χ1n) is 9.35. The third-order valence-electron chi connectivity index (χ3n) is 4.67. The number of carbonyl (C=O) groups excluding carboxylic acids is 1. The Morgan fingerprint density at radius 2 is 1.81 bits per heavy atom. The van der Waals surface area contributed by atoms with Gasteiger partial charge in [-0.3, -0.25) is 4.79 Å². The topological polar surface area (TPSA) is 59.8 Å². The number of amides is 1. The zero-order valence-electron chi connectivity index (χ0n) is 16.7. The average Bonchev–Trinajstić information content (AvgIpc) is 3.32. The van der Waals surface area contributed by atoms with Gasteiger partial charge < -0.3 is 9.88 Å². The lowest BCUT2D eigenvalue weighted by Gasteiger charge is -2.09. The number of hydrogen-bond acceptors (Lipinski definition) is 5. The normalized spacial score (nSPS) is 11.0. The number of anilines is 1. The largest absolute Gasteiger partial charge is 0.323 e. The molecule has 0 saturated heterocycles. The van der Waals surface area contributed by atoms with Gasteiger partial charge in [-0.2, -0.15) is 0 Å². The molecule has 158 valence electrons. The number of aryl methyl sites for hydroxylation is 1. The summed E-state index contributed by atoms with van der Waals surface area (Å²) in [7, 11) is 1.91. The Kier molecular flexibility index (Phi) is 6.67. The Labute approximate surface area is 198 Å². The van der Waals surface area contributed by atoms with E-state index in [2.05, 4.69) is 40.0 Å². The maximum atomic E-state index is 12.4. The maximum Gasteiger partial charge on any atom is 0.234 e. The van der Waals surface area contributed by atoms with Crippen molar-refractivity contribution in [2.24, 2.45) is 7.05 Å². The summed E-state index contributed by atoms with van der Waals surface area (Å²) < 4.78 is 1.91. The lowest BCUT2D eigenvalue weighted by Crippen LogP contribution is -2.15. The first-order chi connectivity index (χ1) is 15.0. The van der Waals surface area contributed by atoms with Gasteiger partial charge in [0.1, 0.15) is 0 Å². The molecule has 4 rings (SSSR count). The first kappa shape index (κ1) is 21.9. The summed E-state index contributed by atoms with van der Waals surface area (Å²) in [5.41, 5.74) is 3.74. The minimum absolute atomic E-state index is 0.154. The molecule has 2 heterocycles. The number of halogens is 2. The number of thioether (sulfide) groups is 1. The van der Waals surface area contributed by atoms with Crippen molar-refractivity contribution >= 4 is 57.9 Å². The van der Waals surface area contributed by atoms with Crippen LogP contribution in [-0.4, -0.2) is 26.4 Å². The maximum absolute atomic E-state index is 12.4. The molecule has 1 N–H and O–H groups in total. The molecule has 4 aromatic rings. The minimum Gasteiger partial charge on any atom is -0.323 e. The van der Waals surface area contributed by atoms with Gasteiger partial charge in [0.25, 0.3) is 0 Å². The number of hydrogen-bond donors (Lipinski definition) is 1. The third kappa shape index (κ3) is 4.65. The van der Waals surface area contributed by atoms with Crippen molar-refractivity contribution in [1.29, 1.82) is 0 Å². The number of benzene rings is 2. The van der Waals surface area contributed by atoms with E-state index in [4.69, 9.17) is 23.2 Å². The number of nitrogens with one attached hydrogen (secondary N) is 1. The van der Waals surface area contributed by atoms with Crippen molar-refractivity contribution in [3.8, 4) is 22.5 Å². The summed E-state index contributed by atoms with van der Waals surface area (Å²) in [5.74, 6) is 0.697.